The zero-order valence-corrected chi connectivity index (χ0v) is 18.0. The van der Waals surface area contributed by atoms with Gasteiger partial charge in [0.1, 0.15) is 0 Å². The van der Waals surface area contributed by atoms with Crippen LogP contribution in [-0.2, 0) is 16.3 Å². The normalized spacial score (nSPS) is 14.9. The summed E-state index contributed by atoms with van der Waals surface area (Å²) in [5.74, 6) is 0.852. The third-order valence-corrected chi connectivity index (χ3v) is 24.7. The summed E-state index contributed by atoms with van der Waals surface area (Å²) < 4.78 is 12.8. The van der Waals surface area contributed by atoms with Crippen molar-refractivity contribution in [2.45, 2.75) is 19.1 Å². The molecule has 0 saturated carbocycles. The molecule has 0 bridgehead atoms. The molecule has 2 unspecified atom stereocenters. The van der Waals surface area contributed by atoms with Gasteiger partial charge in [-0.15, -0.1) is 0 Å². The second-order valence-electron chi connectivity index (χ2n) is 4.73. The van der Waals surface area contributed by atoms with Crippen molar-refractivity contribution in [3.63, 3.8) is 0 Å². The zero-order valence-electron chi connectivity index (χ0n) is 13.6. The van der Waals surface area contributed by atoms with E-state index in [0.29, 0.717) is 6.61 Å². The number of rotatable bonds is 8. The van der Waals surface area contributed by atoms with E-state index in [9.17, 15) is 0 Å². The summed E-state index contributed by atoms with van der Waals surface area (Å²) in [6, 6.07) is 18.8. The molecule has 0 aromatic heterocycles. The maximum absolute atomic E-state index is 6.13. The van der Waals surface area contributed by atoms with Crippen molar-refractivity contribution in [2.24, 2.45) is 0 Å². The number of methoxy groups -OCH3 is 1. The zero-order chi connectivity index (χ0) is 16.7. The average molecular weight is 428 g/mol. The van der Waals surface area contributed by atoms with Crippen molar-refractivity contribution in [3.8, 4) is 5.75 Å². The van der Waals surface area contributed by atoms with E-state index >= 15 is 0 Å². The van der Waals surface area contributed by atoms with Gasteiger partial charge in [-0.3, -0.25) is 0 Å². The summed E-state index contributed by atoms with van der Waals surface area (Å²) in [6.45, 7) is 4.94. The third-order valence-electron chi connectivity index (χ3n) is 3.23. The van der Waals surface area contributed by atoms with Crippen LogP contribution < -0.4 is 14.4 Å². The van der Waals surface area contributed by atoms with Crippen molar-refractivity contribution >= 4 is 50.1 Å². The van der Waals surface area contributed by atoms with Gasteiger partial charge in [0.25, 0.3) is 0 Å². The van der Waals surface area contributed by atoms with Crippen molar-refractivity contribution < 1.29 is 9.26 Å². The van der Waals surface area contributed by atoms with E-state index in [4.69, 9.17) is 21.1 Å². The molecule has 0 saturated heterocycles. The predicted molar refractivity (Wildman–Crippen MR) is 108 cm³/mol. The van der Waals surface area contributed by atoms with Crippen LogP contribution in [0.1, 0.15) is 13.8 Å². The molecule has 2 nitrogen and oxygen atoms in total. The predicted octanol–water partition coefficient (Wildman–Crippen LogP) is 4.32. The van der Waals surface area contributed by atoms with Gasteiger partial charge in [-0.05, 0) is 0 Å². The molecule has 0 fully saturated rings. The summed E-state index contributed by atoms with van der Waals surface area (Å²) >= 11 is 4.75. The summed E-state index contributed by atoms with van der Waals surface area (Å²) in [7, 11) is 3.62. The summed E-state index contributed by atoms with van der Waals surface area (Å²) in [5, 5.41) is 2.30. The average Bonchev–Trinajstić information content (AvgIpc) is 2.61. The van der Waals surface area contributed by atoms with Gasteiger partial charge in [-0.25, -0.2) is 0 Å². The summed E-state index contributed by atoms with van der Waals surface area (Å²) in [6.07, 6.45) is 0. The number of hydrogen-bond donors (Lipinski definition) is 0. The van der Waals surface area contributed by atoms with Crippen molar-refractivity contribution in [3.05, 3.63) is 54.6 Å². The van der Waals surface area contributed by atoms with E-state index in [2.05, 4.69) is 49.4 Å². The molecule has 0 spiro atoms. The molecule has 2 aromatic rings. The Labute approximate surface area is 152 Å². The number of hydrogen-bond acceptors (Lipinski definition) is 4. The molecule has 0 amide bonds. The molecular weight excluding hydrogens is 406 g/mol. The van der Waals surface area contributed by atoms with Crippen LogP contribution in [0.3, 0.4) is 0 Å². The van der Waals surface area contributed by atoms with Crippen LogP contribution in [0.4, 0.5) is 0 Å². The van der Waals surface area contributed by atoms with Crippen LogP contribution in [0, 0.1) is 0 Å². The van der Waals surface area contributed by atoms with Crippen LogP contribution in [0.25, 0.3) is 0 Å². The molecule has 0 heterocycles. The minimum atomic E-state index is -2.08. The molecule has 23 heavy (non-hydrogen) atoms. The van der Waals surface area contributed by atoms with Crippen molar-refractivity contribution in [1.82, 2.24) is 0 Å². The SMILES string of the molecule is CCOP(=S)(S[As](CC)c1ccccc1)c1ccc(OC)cc1. The molecule has 0 aliphatic heterocycles. The van der Waals surface area contributed by atoms with Gasteiger partial charge in [0, 0.05) is 0 Å². The van der Waals surface area contributed by atoms with Gasteiger partial charge < -0.3 is 0 Å². The Morgan fingerprint density at radius 2 is 1.70 bits per heavy atom. The fraction of sp³-hybridized carbons (Fsp3) is 0.294. The Balaban J connectivity index is 2.30. The quantitative estimate of drug-likeness (QED) is 0.460. The van der Waals surface area contributed by atoms with Crippen molar-refractivity contribution in [1.29, 1.82) is 0 Å². The van der Waals surface area contributed by atoms with Crippen LogP contribution in [0.5, 0.6) is 5.75 Å². The molecule has 0 aliphatic carbocycles. The van der Waals surface area contributed by atoms with E-state index in [1.807, 2.05) is 28.7 Å². The van der Waals surface area contributed by atoms with E-state index in [1.54, 1.807) is 7.11 Å². The molecule has 0 N–H and O–H groups in total. The Morgan fingerprint density at radius 3 is 2.22 bits per heavy atom. The fourth-order valence-corrected chi connectivity index (χ4v) is 24.7. The Kier molecular flexibility index (Phi) is 7.71. The van der Waals surface area contributed by atoms with Gasteiger partial charge in [-0.1, -0.05) is 0 Å². The third kappa shape index (κ3) is 5.11. The minimum absolute atomic E-state index is 0.650. The number of ether oxygens (including phenoxy) is 1. The first kappa shape index (κ1) is 19.1. The van der Waals surface area contributed by atoms with Crippen LogP contribution >= 0.6 is 15.1 Å². The molecular formula is C17H22AsO2PS2. The first-order chi connectivity index (χ1) is 11.1. The molecule has 0 aliphatic rings. The molecule has 124 valence electrons. The van der Waals surface area contributed by atoms with Crippen LogP contribution in [0.2, 0.25) is 5.21 Å². The standard InChI is InChI=1S/C17H22AsO2PS2/c1-4-18(15-9-7-6-8-10-15)23-21(22,20-5-2)17-13-11-16(19-3)12-14-17/h6-14H,4-5H2,1-3H3. The van der Waals surface area contributed by atoms with Gasteiger partial charge >= 0.3 is 152 Å². The molecule has 2 rings (SSSR count). The first-order valence-electron chi connectivity index (χ1n) is 7.54. The number of benzene rings is 2. The van der Waals surface area contributed by atoms with E-state index in [1.165, 1.54) is 9.56 Å². The van der Waals surface area contributed by atoms with Crippen LogP contribution in [-0.4, -0.2) is 27.2 Å². The molecule has 2 aromatic carbocycles. The van der Waals surface area contributed by atoms with Gasteiger partial charge in [0.05, 0.1) is 0 Å². The maximum atomic E-state index is 6.13. The van der Waals surface area contributed by atoms with Gasteiger partial charge in [-0.2, -0.15) is 0 Å². The second-order valence-corrected chi connectivity index (χ2v) is 20.3. The Hall–Kier alpha value is -0.242. The van der Waals surface area contributed by atoms with Gasteiger partial charge in [0.15, 0.2) is 0 Å². The monoisotopic (exact) mass is 428 g/mol. The fourth-order valence-electron chi connectivity index (χ4n) is 2.09. The van der Waals surface area contributed by atoms with E-state index in [-0.39, 0.29) is 0 Å². The first-order valence-corrected chi connectivity index (χ1v) is 16.2. The topological polar surface area (TPSA) is 18.5 Å². The van der Waals surface area contributed by atoms with E-state index in [0.717, 1.165) is 11.1 Å². The summed E-state index contributed by atoms with van der Waals surface area (Å²) in [4.78, 5) is 0. The Bertz CT molecular complexity index is 649. The molecule has 0 radical (unpaired) electrons. The molecule has 2 atom stereocenters. The molecule has 6 heteroatoms. The van der Waals surface area contributed by atoms with Crippen LogP contribution in [0.15, 0.2) is 54.6 Å². The second kappa shape index (κ2) is 9.30. The Morgan fingerprint density at radius 1 is 1.04 bits per heavy atom. The van der Waals surface area contributed by atoms with E-state index < -0.39 is 19.0 Å². The summed E-state index contributed by atoms with van der Waals surface area (Å²) in [5.41, 5.74) is -2.08. The van der Waals surface area contributed by atoms with Gasteiger partial charge in [0.2, 0.25) is 0 Å². The van der Waals surface area contributed by atoms with Crippen molar-refractivity contribution in [2.75, 3.05) is 13.7 Å².